The Balaban J connectivity index is 2.10. The second-order valence-corrected chi connectivity index (χ2v) is 6.00. The number of carbonyl (C=O) groups is 3. The van der Waals surface area contributed by atoms with Crippen LogP contribution in [-0.4, -0.2) is 36.0 Å². The van der Waals surface area contributed by atoms with Crippen molar-refractivity contribution in [3.05, 3.63) is 23.0 Å². The van der Waals surface area contributed by atoms with E-state index in [4.69, 9.17) is 4.74 Å². The molecule has 1 aliphatic carbocycles. The molecule has 1 aromatic heterocycles. The summed E-state index contributed by atoms with van der Waals surface area (Å²) in [6.45, 7) is 2.32. The number of nitrogens with zero attached hydrogens (tertiary/aromatic N) is 2. The fourth-order valence-corrected chi connectivity index (χ4v) is 3.17. The van der Waals surface area contributed by atoms with E-state index in [0.717, 1.165) is 11.1 Å². The van der Waals surface area contributed by atoms with E-state index in [1.165, 1.54) is 7.11 Å². The lowest BCUT2D eigenvalue weighted by molar-refractivity contribution is -0.146. The van der Waals surface area contributed by atoms with Gasteiger partial charge in [-0.3, -0.25) is 14.4 Å². The lowest BCUT2D eigenvalue weighted by Gasteiger charge is -2.21. The van der Waals surface area contributed by atoms with Gasteiger partial charge in [0.25, 0.3) is 0 Å². The van der Waals surface area contributed by atoms with Crippen molar-refractivity contribution in [3.63, 3.8) is 0 Å². The quantitative estimate of drug-likeness (QED) is 0.549. The number of aryl methyl sites for hydroxylation is 2. The first-order valence-corrected chi connectivity index (χ1v) is 8.36. The predicted molar refractivity (Wildman–Crippen MR) is 87.6 cm³/mol. The molecule has 1 heterocycles. The number of ether oxygens (including phenoxy) is 2. The maximum absolute atomic E-state index is 12.3. The number of fused-ring (bicyclic) bond motifs is 1. The van der Waals surface area contributed by atoms with Crippen LogP contribution < -0.4 is 0 Å². The van der Waals surface area contributed by atoms with Gasteiger partial charge in [-0.2, -0.15) is 5.26 Å². The molecule has 1 atom stereocenters. The first-order chi connectivity index (χ1) is 12.0. The van der Waals surface area contributed by atoms with Gasteiger partial charge in [0.2, 0.25) is 0 Å². The Kier molecular flexibility index (Phi) is 6.34. The highest BCUT2D eigenvalue weighted by atomic mass is 16.5. The minimum Gasteiger partial charge on any atom is -0.469 e. The normalized spacial score (nSPS) is 15.8. The van der Waals surface area contributed by atoms with Crippen LogP contribution in [0.2, 0.25) is 0 Å². The van der Waals surface area contributed by atoms with Crippen molar-refractivity contribution in [1.82, 2.24) is 4.57 Å². The first-order valence-electron chi connectivity index (χ1n) is 8.36. The highest BCUT2D eigenvalue weighted by Crippen LogP contribution is 2.30. The summed E-state index contributed by atoms with van der Waals surface area (Å²) in [6, 6.07) is 2.17. The van der Waals surface area contributed by atoms with Crippen molar-refractivity contribution in [2.75, 3.05) is 13.7 Å². The fourth-order valence-electron chi connectivity index (χ4n) is 3.17. The summed E-state index contributed by atoms with van der Waals surface area (Å²) < 4.78 is 11.2. The molecule has 134 valence electrons. The van der Waals surface area contributed by atoms with Crippen LogP contribution in [0.3, 0.4) is 0 Å². The van der Waals surface area contributed by atoms with Gasteiger partial charge in [-0.25, -0.2) is 0 Å². The molecule has 1 aromatic rings. The Morgan fingerprint density at radius 3 is 2.76 bits per heavy atom. The molecule has 7 nitrogen and oxygen atoms in total. The molecular weight excluding hydrogens is 324 g/mol. The second kappa shape index (κ2) is 8.47. The van der Waals surface area contributed by atoms with Crippen molar-refractivity contribution in [2.24, 2.45) is 5.92 Å². The smallest absolute Gasteiger partial charge is 0.313 e. The number of nitriles is 1. The third-order valence-corrected chi connectivity index (χ3v) is 4.45. The van der Waals surface area contributed by atoms with Gasteiger partial charge in [-0.1, -0.05) is 0 Å². The zero-order valence-electron chi connectivity index (χ0n) is 14.5. The number of aromatic nitrogens is 1. The number of hydrogen-bond donors (Lipinski definition) is 0. The van der Waals surface area contributed by atoms with Crippen molar-refractivity contribution < 1.29 is 23.9 Å². The molecule has 2 rings (SSSR count). The average molecular weight is 346 g/mol. The summed E-state index contributed by atoms with van der Waals surface area (Å²) in [7, 11) is 1.33. The van der Waals surface area contributed by atoms with E-state index in [1.807, 2.05) is 6.20 Å². The molecular formula is C18H22N2O5. The zero-order chi connectivity index (χ0) is 18.4. The van der Waals surface area contributed by atoms with Crippen LogP contribution in [0.25, 0.3) is 0 Å². The van der Waals surface area contributed by atoms with Crippen LogP contribution in [0.4, 0.5) is 0 Å². The van der Waals surface area contributed by atoms with Gasteiger partial charge in [0.1, 0.15) is 24.0 Å². The molecule has 0 spiro atoms. The minimum absolute atomic E-state index is 0.143. The standard InChI is InChI=1S/C18H22N2O5/c1-3-25-18(23)9-16(21)12-4-5-13-11-20(7-6-17(22)24-2)15(10-19)14(13)8-12/h11-12H,3-9H2,1-2H3. The third kappa shape index (κ3) is 4.47. The van der Waals surface area contributed by atoms with Crippen molar-refractivity contribution >= 4 is 17.7 Å². The van der Waals surface area contributed by atoms with Crippen LogP contribution in [0.5, 0.6) is 0 Å². The van der Waals surface area contributed by atoms with Crippen LogP contribution >= 0.6 is 0 Å². The minimum atomic E-state index is -0.505. The summed E-state index contributed by atoms with van der Waals surface area (Å²) in [6.07, 6.45) is 3.61. The topological polar surface area (TPSA) is 98.4 Å². The van der Waals surface area contributed by atoms with Crippen LogP contribution in [0.1, 0.15) is 43.0 Å². The number of carbonyl (C=O) groups excluding carboxylic acids is 3. The van der Waals surface area contributed by atoms with Gasteiger partial charge in [0.05, 0.1) is 20.1 Å². The SMILES string of the molecule is CCOC(=O)CC(=O)C1CCc2cn(CCC(=O)OC)c(C#N)c2C1. The fraction of sp³-hybridized carbons (Fsp3) is 0.556. The van der Waals surface area contributed by atoms with E-state index in [0.29, 0.717) is 31.5 Å². The number of methoxy groups -OCH3 is 1. The van der Waals surface area contributed by atoms with Crippen molar-refractivity contribution in [3.8, 4) is 6.07 Å². The van der Waals surface area contributed by atoms with Crippen LogP contribution in [-0.2, 0) is 43.2 Å². The maximum Gasteiger partial charge on any atom is 0.313 e. The number of rotatable bonds is 7. The van der Waals surface area contributed by atoms with Gasteiger partial charge < -0.3 is 14.0 Å². The molecule has 0 aromatic carbocycles. The van der Waals surface area contributed by atoms with Gasteiger partial charge in [0.15, 0.2) is 0 Å². The molecule has 0 fully saturated rings. The summed E-state index contributed by atoms with van der Waals surface area (Å²) >= 11 is 0. The Labute approximate surface area is 146 Å². The lowest BCUT2D eigenvalue weighted by Crippen LogP contribution is -2.25. The Morgan fingerprint density at radius 2 is 2.12 bits per heavy atom. The van der Waals surface area contributed by atoms with Crippen molar-refractivity contribution in [1.29, 1.82) is 5.26 Å². The zero-order valence-corrected chi connectivity index (χ0v) is 14.5. The molecule has 1 aliphatic rings. The molecule has 0 amide bonds. The Bertz CT molecular complexity index is 714. The second-order valence-electron chi connectivity index (χ2n) is 6.00. The highest BCUT2D eigenvalue weighted by molar-refractivity contribution is 5.97. The van der Waals surface area contributed by atoms with Gasteiger partial charge in [0, 0.05) is 18.7 Å². The lowest BCUT2D eigenvalue weighted by atomic mass is 9.82. The predicted octanol–water partition coefficient (Wildman–Crippen LogP) is 1.55. The van der Waals surface area contributed by atoms with E-state index in [1.54, 1.807) is 11.5 Å². The largest absolute Gasteiger partial charge is 0.469 e. The van der Waals surface area contributed by atoms with Crippen molar-refractivity contribution in [2.45, 2.75) is 45.6 Å². The van der Waals surface area contributed by atoms with Gasteiger partial charge >= 0.3 is 11.9 Å². The Morgan fingerprint density at radius 1 is 1.36 bits per heavy atom. The molecule has 0 saturated carbocycles. The van der Waals surface area contributed by atoms with Crippen LogP contribution in [0, 0.1) is 17.2 Å². The summed E-state index contributed by atoms with van der Waals surface area (Å²) in [5, 5.41) is 9.48. The molecule has 0 bridgehead atoms. The summed E-state index contributed by atoms with van der Waals surface area (Å²) in [5.74, 6) is -1.26. The molecule has 25 heavy (non-hydrogen) atoms. The van der Waals surface area contributed by atoms with E-state index >= 15 is 0 Å². The average Bonchev–Trinajstić information content (AvgIpc) is 2.96. The van der Waals surface area contributed by atoms with E-state index in [-0.39, 0.29) is 37.1 Å². The third-order valence-electron chi connectivity index (χ3n) is 4.45. The highest BCUT2D eigenvalue weighted by Gasteiger charge is 2.30. The summed E-state index contributed by atoms with van der Waals surface area (Å²) in [5.41, 5.74) is 2.36. The molecule has 0 aliphatic heterocycles. The molecule has 0 radical (unpaired) electrons. The maximum atomic E-state index is 12.3. The monoisotopic (exact) mass is 346 g/mol. The molecule has 7 heteroatoms. The summed E-state index contributed by atoms with van der Waals surface area (Å²) in [4.78, 5) is 35.1. The number of ketones is 1. The number of esters is 2. The van der Waals surface area contributed by atoms with Crippen LogP contribution in [0.15, 0.2) is 6.20 Å². The molecule has 0 N–H and O–H groups in total. The van der Waals surface area contributed by atoms with E-state index in [2.05, 4.69) is 10.8 Å². The van der Waals surface area contributed by atoms with E-state index in [9.17, 15) is 19.6 Å². The number of hydrogen-bond acceptors (Lipinski definition) is 6. The molecule has 0 saturated heterocycles. The molecule has 1 unspecified atom stereocenters. The van der Waals surface area contributed by atoms with E-state index < -0.39 is 5.97 Å². The Hall–Kier alpha value is -2.62. The van der Waals surface area contributed by atoms with Gasteiger partial charge in [-0.15, -0.1) is 0 Å². The van der Waals surface area contributed by atoms with Gasteiger partial charge in [-0.05, 0) is 37.3 Å². The first kappa shape index (κ1) is 18.7. The number of Topliss-reactive ketones (excluding diaryl/α,β-unsaturated/α-hetero) is 1.